The quantitative estimate of drug-likeness (QED) is 0.376. The zero-order valence-corrected chi connectivity index (χ0v) is 21.0. The molecule has 0 spiro atoms. The van der Waals surface area contributed by atoms with Crippen LogP contribution in [0.3, 0.4) is 0 Å². The summed E-state index contributed by atoms with van der Waals surface area (Å²) in [6, 6.07) is 22.9. The third-order valence-electron chi connectivity index (χ3n) is 6.20. The van der Waals surface area contributed by atoms with Crippen LogP contribution in [0.4, 0.5) is 11.5 Å². The van der Waals surface area contributed by atoms with Gasteiger partial charge in [-0.15, -0.1) is 0 Å². The van der Waals surface area contributed by atoms with E-state index in [1.54, 1.807) is 19.1 Å². The molecule has 2 heterocycles. The molecule has 1 fully saturated rings. The van der Waals surface area contributed by atoms with Gasteiger partial charge in [0.25, 0.3) is 0 Å². The van der Waals surface area contributed by atoms with E-state index in [0.717, 1.165) is 29.6 Å². The van der Waals surface area contributed by atoms with Crippen molar-refractivity contribution in [1.29, 1.82) is 0 Å². The average Bonchev–Trinajstić information content (AvgIpc) is 2.90. The van der Waals surface area contributed by atoms with Crippen LogP contribution < -0.4 is 10.0 Å². The number of hydrogen-bond donors (Lipinski definition) is 2. The van der Waals surface area contributed by atoms with E-state index in [0.29, 0.717) is 49.2 Å². The van der Waals surface area contributed by atoms with Crippen molar-refractivity contribution in [3.8, 4) is 11.4 Å². The molecule has 1 aliphatic rings. The summed E-state index contributed by atoms with van der Waals surface area (Å²) in [7, 11) is -3.68. The molecular weight excluding hydrogens is 474 g/mol. The maximum Gasteiger partial charge on any atom is 0.240 e. The van der Waals surface area contributed by atoms with Crippen molar-refractivity contribution >= 4 is 32.4 Å². The largest absolute Gasteiger partial charge is 0.379 e. The molecule has 0 unspecified atom stereocenters. The van der Waals surface area contributed by atoms with Gasteiger partial charge in [-0.2, -0.15) is 0 Å². The van der Waals surface area contributed by atoms with E-state index >= 15 is 0 Å². The van der Waals surface area contributed by atoms with Crippen LogP contribution in [0.25, 0.3) is 22.3 Å². The average molecular weight is 504 g/mol. The van der Waals surface area contributed by atoms with Gasteiger partial charge >= 0.3 is 0 Å². The summed E-state index contributed by atoms with van der Waals surface area (Å²) in [4.78, 5) is 11.9. The number of rotatable bonds is 8. The van der Waals surface area contributed by atoms with Gasteiger partial charge in [-0.3, -0.25) is 4.90 Å². The lowest BCUT2D eigenvalue weighted by molar-refractivity contribution is 0.0390. The Morgan fingerprint density at radius 3 is 2.50 bits per heavy atom. The van der Waals surface area contributed by atoms with Gasteiger partial charge in [0.1, 0.15) is 5.82 Å². The van der Waals surface area contributed by atoms with Gasteiger partial charge in [0.15, 0.2) is 5.82 Å². The number of para-hydroxylation sites is 1. The van der Waals surface area contributed by atoms with Crippen LogP contribution in [0.2, 0.25) is 0 Å². The van der Waals surface area contributed by atoms with E-state index in [2.05, 4.69) is 14.9 Å². The Labute approximate surface area is 211 Å². The van der Waals surface area contributed by atoms with Gasteiger partial charge in [0, 0.05) is 42.8 Å². The summed E-state index contributed by atoms with van der Waals surface area (Å²) in [6.07, 6.45) is 0. The van der Waals surface area contributed by atoms with Crippen LogP contribution in [-0.4, -0.2) is 62.7 Å². The summed E-state index contributed by atoms with van der Waals surface area (Å²) in [5, 5.41) is 4.19. The summed E-state index contributed by atoms with van der Waals surface area (Å²) in [5.41, 5.74) is 3.02. The zero-order chi connectivity index (χ0) is 25.0. The Balaban J connectivity index is 1.41. The Bertz CT molecular complexity index is 1460. The lowest BCUT2D eigenvalue weighted by atomic mass is 10.1. The molecule has 0 saturated carbocycles. The predicted octanol–water partition coefficient (Wildman–Crippen LogP) is 3.96. The molecule has 0 aliphatic carbocycles. The van der Waals surface area contributed by atoms with E-state index in [1.807, 2.05) is 60.7 Å². The van der Waals surface area contributed by atoms with Crippen LogP contribution in [0, 0.1) is 6.92 Å². The van der Waals surface area contributed by atoms with Crippen molar-refractivity contribution in [3.05, 3.63) is 78.4 Å². The summed E-state index contributed by atoms with van der Waals surface area (Å²) in [5.74, 6) is 1.22. The van der Waals surface area contributed by atoms with Gasteiger partial charge < -0.3 is 10.1 Å². The molecule has 2 N–H and O–H groups in total. The van der Waals surface area contributed by atoms with Gasteiger partial charge in [-0.05, 0) is 36.8 Å². The fraction of sp³-hybridized carbons (Fsp3) is 0.259. The number of fused-ring (bicyclic) bond motifs is 1. The molecule has 9 heteroatoms. The van der Waals surface area contributed by atoms with Gasteiger partial charge in [0.2, 0.25) is 10.0 Å². The van der Waals surface area contributed by atoms with Gasteiger partial charge in [0.05, 0.1) is 23.6 Å². The first kappa shape index (κ1) is 24.3. The number of nitrogens with zero attached hydrogens (tertiary/aromatic N) is 3. The highest BCUT2D eigenvalue weighted by Crippen LogP contribution is 2.29. The normalized spacial score (nSPS) is 14.7. The van der Waals surface area contributed by atoms with Crippen molar-refractivity contribution in [2.24, 2.45) is 0 Å². The number of hydrogen-bond acceptors (Lipinski definition) is 7. The molecule has 1 aliphatic heterocycles. The molecule has 0 bridgehead atoms. The topological polar surface area (TPSA) is 96.5 Å². The number of ether oxygens (including phenoxy) is 1. The first-order valence-corrected chi connectivity index (χ1v) is 13.5. The van der Waals surface area contributed by atoms with E-state index in [-0.39, 0.29) is 4.90 Å². The molecule has 1 aromatic heterocycles. The number of benzene rings is 3. The van der Waals surface area contributed by atoms with Crippen LogP contribution in [0.5, 0.6) is 0 Å². The zero-order valence-electron chi connectivity index (χ0n) is 20.1. The molecule has 4 aromatic rings. The minimum atomic E-state index is -3.68. The van der Waals surface area contributed by atoms with E-state index < -0.39 is 10.0 Å². The van der Waals surface area contributed by atoms with Gasteiger partial charge in [-0.25, -0.2) is 23.1 Å². The predicted molar refractivity (Wildman–Crippen MR) is 142 cm³/mol. The minimum absolute atomic E-state index is 0.246. The number of morpholine rings is 1. The third kappa shape index (κ3) is 5.55. The molecule has 5 rings (SSSR count). The second-order valence-corrected chi connectivity index (χ2v) is 10.5. The second-order valence-electron chi connectivity index (χ2n) is 8.74. The number of anilines is 2. The Morgan fingerprint density at radius 2 is 1.69 bits per heavy atom. The second kappa shape index (κ2) is 10.7. The number of aromatic nitrogens is 2. The Hall–Kier alpha value is -3.37. The van der Waals surface area contributed by atoms with Crippen molar-refractivity contribution in [3.63, 3.8) is 0 Å². The molecule has 186 valence electrons. The minimum Gasteiger partial charge on any atom is -0.379 e. The van der Waals surface area contributed by atoms with E-state index in [9.17, 15) is 8.42 Å². The number of nitrogens with one attached hydrogen (secondary N) is 2. The highest BCUT2D eigenvalue weighted by atomic mass is 32.2. The maximum atomic E-state index is 13.1. The summed E-state index contributed by atoms with van der Waals surface area (Å²) >= 11 is 0. The van der Waals surface area contributed by atoms with Crippen LogP contribution >= 0.6 is 0 Å². The highest BCUT2D eigenvalue weighted by Gasteiger charge is 2.19. The molecular formula is C27H29N5O3S. The van der Waals surface area contributed by atoms with E-state index in [1.165, 1.54) is 0 Å². The Kier molecular flexibility index (Phi) is 7.24. The molecule has 8 nitrogen and oxygen atoms in total. The standard InChI is InChI=1S/C27H29N5O3S/c1-20-11-12-22(19-25(20)36(33,34)28-13-14-32-15-17-35-18-16-32)29-27-23-9-5-6-10-24(23)30-26(31-27)21-7-3-2-4-8-21/h2-12,19,28H,13-18H2,1H3,(H,29,30,31). The van der Waals surface area contributed by atoms with Crippen molar-refractivity contribution in [2.75, 3.05) is 44.7 Å². The fourth-order valence-electron chi connectivity index (χ4n) is 4.23. The summed E-state index contributed by atoms with van der Waals surface area (Å²) < 4.78 is 34.4. The van der Waals surface area contributed by atoms with Crippen LogP contribution in [0.15, 0.2) is 77.7 Å². The first-order chi connectivity index (χ1) is 17.5. The molecule has 0 amide bonds. The number of aryl methyl sites for hydroxylation is 1. The molecule has 3 aromatic carbocycles. The highest BCUT2D eigenvalue weighted by molar-refractivity contribution is 7.89. The number of sulfonamides is 1. The summed E-state index contributed by atoms with van der Waals surface area (Å²) in [6.45, 7) is 5.79. The molecule has 36 heavy (non-hydrogen) atoms. The lowest BCUT2D eigenvalue weighted by Gasteiger charge is -2.26. The smallest absolute Gasteiger partial charge is 0.240 e. The monoisotopic (exact) mass is 503 g/mol. The molecule has 0 radical (unpaired) electrons. The van der Waals surface area contributed by atoms with E-state index in [4.69, 9.17) is 14.7 Å². The molecule has 1 saturated heterocycles. The van der Waals surface area contributed by atoms with Crippen LogP contribution in [-0.2, 0) is 14.8 Å². The van der Waals surface area contributed by atoms with Crippen molar-refractivity contribution in [2.45, 2.75) is 11.8 Å². The fourth-order valence-corrected chi connectivity index (χ4v) is 5.52. The lowest BCUT2D eigenvalue weighted by Crippen LogP contribution is -2.41. The molecule has 0 atom stereocenters. The van der Waals surface area contributed by atoms with Crippen LogP contribution in [0.1, 0.15) is 5.56 Å². The van der Waals surface area contributed by atoms with Crippen molar-refractivity contribution < 1.29 is 13.2 Å². The Morgan fingerprint density at radius 1 is 0.944 bits per heavy atom. The first-order valence-electron chi connectivity index (χ1n) is 12.0. The maximum absolute atomic E-state index is 13.1. The van der Waals surface area contributed by atoms with Crippen molar-refractivity contribution in [1.82, 2.24) is 19.6 Å². The SMILES string of the molecule is Cc1ccc(Nc2nc(-c3ccccc3)nc3ccccc23)cc1S(=O)(=O)NCCN1CCOCC1. The third-order valence-corrected chi connectivity index (χ3v) is 7.80. The van der Waals surface area contributed by atoms with Gasteiger partial charge in [-0.1, -0.05) is 48.5 Å².